The van der Waals surface area contributed by atoms with Gasteiger partial charge in [-0.3, -0.25) is 19.8 Å². The standard InChI is InChI=1S/C48H54ClN7O7S/c1-48(2)15-11-35(40(29-48)33-3-5-36(49)6-4-33)31-53-17-19-54(20-18-53)37-7-9-39(43(26-37)55-21-24-63-46-28-42-34(12-16-50-42)25-45(46)55)47(57)52-64(60,61)38-8-10-41(44(27-38)56(58)59)51-30-32-13-22-62-23-14-32/h3-10,12,16,25-28,32,50-51H,11,13-15,17-24,29-31H2,1-2H3,(H,52,57). The van der Waals surface area contributed by atoms with Crippen LogP contribution < -0.4 is 24.6 Å². The Labute approximate surface area is 378 Å². The number of allylic oxidation sites excluding steroid dienone is 1. The predicted molar refractivity (Wildman–Crippen MR) is 252 cm³/mol. The molecule has 0 radical (unpaired) electrons. The molecule has 1 aromatic heterocycles. The summed E-state index contributed by atoms with van der Waals surface area (Å²) in [6.07, 6.45) is 6.74. The second-order valence-corrected chi connectivity index (χ2v) is 20.2. The molecule has 0 atom stereocenters. The van der Waals surface area contributed by atoms with E-state index >= 15 is 0 Å². The molecule has 5 aromatic rings. The molecule has 0 bridgehead atoms. The minimum Gasteiger partial charge on any atom is -0.489 e. The fraction of sp³-hybridized carbons (Fsp3) is 0.396. The summed E-state index contributed by atoms with van der Waals surface area (Å²) in [6, 6.07) is 23.3. The number of nitro benzene ring substituents is 1. The number of aromatic nitrogens is 1. The van der Waals surface area contributed by atoms with Crippen LogP contribution >= 0.6 is 11.6 Å². The first-order chi connectivity index (χ1) is 30.8. The summed E-state index contributed by atoms with van der Waals surface area (Å²) < 4.78 is 41.6. The molecule has 3 aliphatic heterocycles. The van der Waals surface area contributed by atoms with Crippen molar-refractivity contribution in [3.8, 4) is 5.75 Å². The normalized spacial score (nSPS) is 18.4. The minimum atomic E-state index is -4.55. The van der Waals surface area contributed by atoms with Gasteiger partial charge in [-0.15, -0.1) is 0 Å². The largest absolute Gasteiger partial charge is 0.489 e. The quantitative estimate of drug-likeness (QED) is 0.0809. The molecule has 4 aliphatic rings. The van der Waals surface area contributed by atoms with E-state index in [-0.39, 0.29) is 27.5 Å². The van der Waals surface area contributed by atoms with E-state index in [0.29, 0.717) is 44.3 Å². The summed E-state index contributed by atoms with van der Waals surface area (Å²) in [6.45, 7) is 11.3. The van der Waals surface area contributed by atoms with Crippen molar-refractivity contribution in [3.05, 3.63) is 117 Å². The second-order valence-electron chi connectivity index (χ2n) is 18.1. The molecular formula is C48H54ClN7O7S. The molecule has 0 saturated carbocycles. The van der Waals surface area contributed by atoms with E-state index in [4.69, 9.17) is 21.1 Å². The molecule has 0 unspecified atom stereocenters. The number of aromatic amines is 1. The molecule has 0 spiro atoms. The number of carbonyl (C=O) groups is 1. The van der Waals surface area contributed by atoms with E-state index in [1.54, 1.807) is 6.07 Å². The van der Waals surface area contributed by atoms with Crippen molar-refractivity contribution in [3.63, 3.8) is 0 Å². The zero-order valence-electron chi connectivity index (χ0n) is 36.2. The minimum absolute atomic E-state index is 0.138. The van der Waals surface area contributed by atoms with E-state index in [1.165, 1.54) is 28.8 Å². The topological polar surface area (TPSA) is 162 Å². The molecule has 4 aromatic carbocycles. The van der Waals surface area contributed by atoms with E-state index in [0.717, 1.165) is 98.2 Å². The Balaban J connectivity index is 0.975. The number of carbonyl (C=O) groups excluding carboxylic acids is 1. The smallest absolute Gasteiger partial charge is 0.293 e. The SMILES string of the molecule is CC1(C)CCC(CN2CCN(c3ccc(C(=O)NS(=O)(=O)c4ccc(NCC5CCOCC5)c([N+](=O)[O-])c4)c(N4CCOc5cc6[nH]ccc6cc54)c3)CC2)=C(c2ccc(Cl)cc2)C1. The lowest BCUT2D eigenvalue weighted by Crippen LogP contribution is -2.47. The number of amides is 1. The summed E-state index contributed by atoms with van der Waals surface area (Å²) in [5, 5.41) is 17.0. The number of anilines is 4. The van der Waals surface area contributed by atoms with Gasteiger partial charge >= 0.3 is 0 Å². The number of rotatable bonds is 12. The number of hydrogen-bond donors (Lipinski definition) is 3. The van der Waals surface area contributed by atoms with E-state index < -0.39 is 26.5 Å². The second kappa shape index (κ2) is 18.1. The number of benzene rings is 4. The maximum Gasteiger partial charge on any atom is 0.293 e. The number of H-pyrrole nitrogens is 1. The number of ether oxygens (including phenoxy) is 2. The number of hydrogen-bond acceptors (Lipinski definition) is 11. The molecule has 2 fully saturated rings. The van der Waals surface area contributed by atoms with Gasteiger partial charge in [0.15, 0.2) is 0 Å². The zero-order valence-corrected chi connectivity index (χ0v) is 37.8. The maximum atomic E-state index is 14.3. The summed E-state index contributed by atoms with van der Waals surface area (Å²) in [5.41, 5.74) is 7.41. The lowest BCUT2D eigenvalue weighted by atomic mass is 9.72. The molecule has 1 amide bonds. The first kappa shape index (κ1) is 43.6. The summed E-state index contributed by atoms with van der Waals surface area (Å²) >= 11 is 6.27. The van der Waals surface area contributed by atoms with Crippen LogP contribution in [0.2, 0.25) is 5.02 Å². The van der Waals surface area contributed by atoms with Gasteiger partial charge in [-0.25, -0.2) is 13.1 Å². The van der Waals surface area contributed by atoms with Crippen LogP contribution in [0.15, 0.2) is 95.5 Å². The Morgan fingerprint density at radius 1 is 0.938 bits per heavy atom. The molecule has 336 valence electrons. The molecule has 14 nitrogen and oxygen atoms in total. The molecule has 3 N–H and O–H groups in total. The van der Waals surface area contributed by atoms with Crippen LogP contribution in [0.25, 0.3) is 16.5 Å². The van der Waals surface area contributed by atoms with Crippen LogP contribution in [-0.4, -0.2) is 94.8 Å². The van der Waals surface area contributed by atoms with Gasteiger partial charge in [0.05, 0.1) is 33.3 Å². The van der Waals surface area contributed by atoms with Crippen LogP contribution in [0.5, 0.6) is 5.75 Å². The van der Waals surface area contributed by atoms with Gasteiger partial charge in [0, 0.05) is 92.4 Å². The average Bonchev–Trinajstić information content (AvgIpc) is 3.76. The van der Waals surface area contributed by atoms with Gasteiger partial charge in [-0.05, 0) is 109 Å². The first-order valence-electron chi connectivity index (χ1n) is 22.1. The van der Waals surface area contributed by atoms with Crippen molar-refractivity contribution in [1.29, 1.82) is 0 Å². The van der Waals surface area contributed by atoms with Gasteiger partial charge in [0.1, 0.15) is 18.0 Å². The third kappa shape index (κ3) is 9.44. The lowest BCUT2D eigenvalue weighted by molar-refractivity contribution is -0.384. The summed E-state index contributed by atoms with van der Waals surface area (Å²) in [5.74, 6) is 0.0584. The molecule has 4 heterocycles. The monoisotopic (exact) mass is 907 g/mol. The number of piperazine rings is 1. The number of nitrogens with one attached hydrogen (secondary N) is 3. The highest BCUT2D eigenvalue weighted by atomic mass is 35.5. The third-order valence-corrected chi connectivity index (χ3v) is 14.7. The summed E-state index contributed by atoms with van der Waals surface area (Å²) in [4.78, 5) is 35.6. The van der Waals surface area contributed by atoms with Crippen molar-refractivity contribution in [1.82, 2.24) is 14.6 Å². The van der Waals surface area contributed by atoms with Gasteiger partial charge in [-0.1, -0.05) is 43.2 Å². The van der Waals surface area contributed by atoms with Gasteiger partial charge in [0.2, 0.25) is 0 Å². The summed E-state index contributed by atoms with van der Waals surface area (Å²) in [7, 11) is -4.55. The van der Waals surface area contributed by atoms with Crippen LogP contribution in [-0.2, 0) is 14.8 Å². The van der Waals surface area contributed by atoms with E-state index in [2.05, 4.69) is 50.8 Å². The third-order valence-electron chi connectivity index (χ3n) is 13.2. The number of nitrogens with zero attached hydrogens (tertiary/aromatic N) is 4. The highest BCUT2D eigenvalue weighted by molar-refractivity contribution is 7.90. The highest BCUT2D eigenvalue weighted by Gasteiger charge is 2.32. The van der Waals surface area contributed by atoms with Gasteiger partial charge in [-0.2, -0.15) is 0 Å². The fourth-order valence-corrected chi connectivity index (χ4v) is 10.6. The van der Waals surface area contributed by atoms with Crippen LogP contribution in [0.1, 0.15) is 61.9 Å². The Kier molecular flexibility index (Phi) is 12.3. The van der Waals surface area contributed by atoms with Crippen molar-refractivity contribution in [2.24, 2.45) is 11.3 Å². The first-order valence-corrected chi connectivity index (χ1v) is 23.9. The number of nitro groups is 1. The highest BCUT2D eigenvalue weighted by Crippen LogP contribution is 2.44. The lowest BCUT2D eigenvalue weighted by Gasteiger charge is -2.40. The molecule has 1 aliphatic carbocycles. The Bertz CT molecular complexity index is 2710. The Morgan fingerprint density at radius 2 is 1.72 bits per heavy atom. The van der Waals surface area contributed by atoms with E-state index in [1.807, 2.05) is 53.6 Å². The molecule has 64 heavy (non-hydrogen) atoms. The van der Waals surface area contributed by atoms with Crippen LogP contribution in [0.4, 0.5) is 28.4 Å². The number of halogens is 1. The molecular weight excluding hydrogens is 854 g/mol. The van der Waals surface area contributed by atoms with Gasteiger partial charge in [0.25, 0.3) is 21.6 Å². The number of sulfonamides is 1. The van der Waals surface area contributed by atoms with Crippen molar-refractivity contribution < 1.29 is 27.6 Å². The Morgan fingerprint density at radius 3 is 2.48 bits per heavy atom. The zero-order chi connectivity index (χ0) is 44.6. The fourth-order valence-electron chi connectivity index (χ4n) is 9.46. The molecule has 2 saturated heterocycles. The van der Waals surface area contributed by atoms with Crippen molar-refractivity contribution in [2.75, 3.05) is 80.8 Å². The Hall–Kier alpha value is -5.61. The molecule has 9 rings (SSSR count). The van der Waals surface area contributed by atoms with Crippen molar-refractivity contribution >= 4 is 72.4 Å². The molecule has 16 heteroatoms. The van der Waals surface area contributed by atoms with Crippen LogP contribution in [0.3, 0.4) is 0 Å². The maximum absolute atomic E-state index is 14.3. The average molecular weight is 909 g/mol. The van der Waals surface area contributed by atoms with E-state index in [9.17, 15) is 23.3 Å². The predicted octanol–water partition coefficient (Wildman–Crippen LogP) is 9.00. The van der Waals surface area contributed by atoms with Crippen LogP contribution in [0, 0.1) is 21.4 Å². The van der Waals surface area contributed by atoms with Crippen molar-refractivity contribution in [2.45, 2.75) is 50.8 Å². The van der Waals surface area contributed by atoms with Gasteiger partial charge < -0.3 is 29.6 Å². The number of fused-ring (bicyclic) bond motifs is 2.